The maximum Gasteiger partial charge on any atom is 0.326 e. The van der Waals surface area contributed by atoms with Crippen molar-refractivity contribution in [1.29, 1.82) is 0 Å². The standard InChI is InChI=1S/C23H26N2O4/c26-22(25-20-7-2-1-5-17(20)14-21(25)23(27)28)13-16-8-10-19(11-9-16)29-15-18-6-3-4-12-24-18/h3-4,6,8-12,17,20-21H,1-2,5,7,13-15H2,(H,27,28). The fourth-order valence-corrected chi connectivity index (χ4v) is 4.65. The van der Waals surface area contributed by atoms with E-state index in [1.807, 2.05) is 42.5 Å². The Balaban J connectivity index is 1.39. The molecule has 1 saturated carbocycles. The van der Waals surface area contributed by atoms with Crippen LogP contribution < -0.4 is 4.74 Å². The molecular weight excluding hydrogens is 368 g/mol. The molecule has 1 aromatic carbocycles. The average Bonchev–Trinajstić information content (AvgIpc) is 3.14. The first-order valence-electron chi connectivity index (χ1n) is 10.3. The van der Waals surface area contributed by atoms with Gasteiger partial charge in [-0.05, 0) is 55.0 Å². The third kappa shape index (κ3) is 4.42. The van der Waals surface area contributed by atoms with Gasteiger partial charge in [-0.25, -0.2) is 4.79 Å². The van der Waals surface area contributed by atoms with Gasteiger partial charge in [0, 0.05) is 12.2 Å². The van der Waals surface area contributed by atoms with E-state index in [-0.39, 0.29) is 18.4 Å². The number of pyridine rings is 1. The number of likely N-dealkylation sites (tertiary alicyclic amines) is 1. The predicted molar refractivity (Wildman–Crippen MR) is 107 cm³/mol. The average molecular weight is 394 g/mol. The van der Waals surface area contributed by atoms with Gasteiger partial charge in [0.25, 0.3) is 0 Å². The lowest BCUT2D eigenvalue weighted by Crippen LogP contribution is -2.46. The van der Waals surface area contributed by atoms with Crippen molar-refractivity contribution in [3.05, 3.63) is 59.9 Å². The smallest absolute Gasteiger partial charge is 0.326 e. The van der Waals surface area contributed by atoms with E-state index >= 15 is 0 Å². The molecule has 152 valence electrons. The fraction of sp³-hybridized carbons (Fsp3) is 0.435. The second-order valence-electron chi connectivity index (χ2n) is 7.93. The first kappa shape index (κ1) is 19.4. The highest BCUT2D eigenvalue weighted by Gasteiger charge is 2.47. The van der Waals surface area contributed by atoms with Crippen LogP contribution in [0.15, 0.2) is 48.7 Å². The molecule has 6 heteroatoms. The Morgan fingerprint density at radius 3 is 2.62 bits per heavy atom. The van der Waals surface area contributed by atoms with Crippen LogP contribution in [0.1, 0.15) is 43.4 Å². The first-order valence-corrected chi connectivity index (χ1v) is 10.3. The maximum absolute atomic E-state index is 13.0. The van der Waals surface area contributed by atoms with Gasteiger partial charge >= 0.3 is 5.97 Å². The number of carbonyl (C=O) groups excluding carboxylic acids is 1. The van der Waals surface area contributed by atoms with Crippen LogP contribution in [0, 0.1) is 5.92 Å². The zero-order valence-corrected chi connectivity index (χ0v) is 16.4. The molecule has 1 amide bonds. The number of hydrogen-bond acceptors (Lipinski definition) is 4. The van der Waals surface area contributed by atoms with Crippen molar-refractivity contribution in [2.24, 2.45) is 5.92 Å². The molecule has 0 radical (unpaired) electrons. The third-order valence-electron chi connectivity index (χ3n) is 6.05. The molecule has 3 unspecified atom stereocenters. The monoisotopic (exact) mass is 394 g/mol. The first-order chi connectivity index (χ1) is 14.1. The van der Waals surface area contributed by atoms with Crippen molar-refractivity contribution in [1.82, 2.24) is 9.88 Å². The Hall–Kier alpha value is -2.89. The summed E-state index contributed by atoms with van der Waals surface area (Å²) in [6.45, 7) is 0.385. The van der Waals surface area contributed by atoms with E-state index in [0.29, 0.717) is 24.7 Å². The van der Waals surface area contributed by atoms with E-state index in [1.54, 1.807) is 11.1 Å². The van der Waals surface area contributed by atoms with E-state index in [1.165, 1.54) is 0 Å². The van der Waals surface area contributed by atoms with Gasteiger partial charge in [-0.3, -0.25) is 9.78 Å². The largest absolute Gasteiger partial charge is 0.487 e. The van der Waals surface area contributed by atoms with Crippen molar-refractivity contribution in [2.75, 3.05) is 0 Å². The van der Waals surface area contributed by atoms with Gasteiger partial charge in [0.05, 0.1) is 12.1 Å². The Labute approximate surface area is 170 Å². The number of fused-ring (bicyclic) bond motifs is 1. The van der Waals surface area contributed by atoms with Crippen molar-refractivity contribution < 1.29 is 19.4 Å². The van der Waals surface area contributed by atoms with Crippen LogP contribution in [0.5, 0.6) is 5.75 Å². The SMILES string of the molecule is O=C(O)C1CC2CCCCC2N1C(=O)Cc1ccc(OCc2ccccn2)cc1. The van der Waals surface area contributed by atoms with Gasteiger partial charge in [-0.1, -0.05) is 31.0 Å². The predicted octanol–water partition coefficient (Wildman–Crippen LogP) is 3.45. The molecule has 1 saturated heterocycles. The molecule has 2 fully saturated rings. The molecule has 3 atom stereocenters. The molecule has 1 N–H and O–H groups in total. The maximum atomic E-state index is 13.0. The molecule has 0 bridgehead atoms. The molecule has 2 aromatic rings. The molecule has 1 aliphatic heterocycles. The summed E-state index contributed by atoms with van der Waals surface area (Å²) >= 11 is 0. The van der Waals surface area contributed by atoms with Gasteiger partial charge in [-0.15, -0.1) is 0 Å². The molecule has 2 aliphatic rings. The van der Waals surface area contributed by atoms with Gasteiger partial charge in [0.15, 0.2) is 0 Å². The Morgan fingerprint density at radius 1 is 1.10 bits per heavy atom. The lowest BCUT2D eigenvalue weighted by molar-refractivity contribution is -0.149. The number of amides is 1. The quantitative estimate of drug-likeness (QED) is 0.812. The van der Waals surface area contributed by atoms with Crippen LogP contribution >= 0.6 is 0 Å². The number of carboxylic acids is 1. The number of carboxylic acid groups (broad SMARTS) is 1. The highest BCUT2D eigenvalue weighted by atomic mass is 16.5. The van der Waals surface area contributed by atoms with E-state index in [0.717, 1.165) is 36.9 Å². The summed E-state index contributed by atoms with van der Waals surface area (Å²) in [5.41, 5.74) is 1.71. The van der Waals surface area contributed by atoms with Gasteiger partial charge in [0.1, 0.15) is 18.4 Å². The van der Waals surface area contributed by atoms with Crippen LogP contribution in [0.2, 0.25) is 0 Å². The second kappa shape index (κ2) is 8.64. The number of rotatable bonds is 6. The molecule has 4 rings (SSSR count). The Kier molecular flexibility index (Phi) is 5.79. The van der Waals surface area contributed by atoms with Gasteiger partial charge in [-0.2, -0.15) is 0 Å². The lowest BCUT2D eigenvalue weighted by Gasteiger charge is -2.33. The van der Waals surface area contributed by atoms with Crippen molar-refractivity contribution in [2.45, 2.75) is 57.2 Å². The number of nitrogens with zero attached hydrogens (tertiary/aromatic N) is 2. The minimum absolute atomic E-state index is 0.0818. The lowest BCUT2D eigenvalue weighted by atomic mass is 9.84. The number of benzene rings is 1. The zero-order valence-electron chi connectivity index (χ0n) is 16.4. The minimum atomic E-state index is -0.883. The number of carbonyl (C=O) groups is 2. The summed E-state index contributed by atoms with van der Waals surface area (Å²) in [6.07, 6.45) is 6.68. The van der Waals surface area contributed by atoms with E-state index < -0.39 is 12.0 Å². The fourth-order valence-electron chi connectivity index (χ4n) is 4.65. The Bertz CT molecular complexity index is 853. The van der Waals surface area contributed by atoms with E-state index in [4.69, 9.17) is 4.74 Å². The van der Waals surface area contributed by atoms with Crippen LogP contribution in [-0.2, 0) is 22.6 Å². The highest BCUT2D eigenvalue weighted by molar-refractivity contribution is 5.86. The van der Waals surface area contributed by atoms with Crippen LogP contribution in [-0.4, -0.2) is 39.0 Å². The minimum Gasteiger partial charge on any atom is -0.487 e. The van der Waals surface area contributed by atoms with Crippen molar-refractivity contribution >= 4 is 11.9 Å². The normalized spacial score (nSPS) is 23.4. The summed E-state index contributed by atoms with van der Waals surface area (Å²) in [5, 5.41) is 9.62. The van der Waals surface area contributed by atoms with Crippen LogP contribution in [0.25, 0.3) is 0 Å². The van der Waals surface area contributed by atoms with Crippen LogP contribution in [0.4, 0.5) is 0 Å². The van der Waals surface area contributed by atoms with Gasteiger partial charge in [0.2, 0.25) is 5.91 Å². The number of hydrogen-bond donors (Lipinski definition) is 1. The summed E-state index contributed by atoms with van der Waals surface area (Å²) in [6, 6.07) is 12.5. The summed E-state index contributed by atoms with van der Waals surface area (Å²) in [4.78, 5) is 30.6. The molecular formula is C23H26N2O4. The van der Waals surface area contributed by atoms with E-state index in [2.05, 4.69) is 4.98 Å². The Morgan fingerprint density at radius 2 is 1.90 bits per heavy atom. The van der Waals surface area contributed by atoms with Crippen LogP contribution in [0.3, 0.4) is 0 Å². The third-order valence-corrected chi connectivity index (χ3v) is 6.05. The molecule has 1 aliphatic carbocycles. The van der Waals surface area contributed by atoms with E-state index in [9.17, 15) is 14.7 Å². The topological polar surface area (TPSA) is 79.7 Å². The molecule has 29 heavy (non-hydrogen) atoms. The summed E-state index contributed by atoms with van der Waals surface area (Å²) < 4.78 is 5.74. The number of ether oxygens (including phenoxy) is 1. The molecule has 1 aromatic heterocycles. The summed E-state index contributed by atoms with van der Waals surface area (Å²) in [7, 11) is 0. The molecule has 6 nitrogen and oxygen atoms in total. The summed E-state index contributed by atoms with van der Waals surface area (Å²) in [5.74, 6) is 0.0694. The molecule has 0 spiro atoms. The second-order valence-corrected chi connectivity index (χ2v) is 7.93. The van der Waals surface area contributed by atoms with Gasteiger partial charge < -0.3 is 14.7 Å². The zero-order chi connectivity index (χ0) is 20.2. The highest BCUT2D eigenvalue weighted by Crippen LogP contribution is 2.40. The number of aromatic nitrogens is 1. The molecule has 2 heterocycles. The van der Waals surface area contributed by atoms with Crippen molar-refractivity contribution in [3.8, 4) is 5.75 Å². The number of aliphatic carboxylic acids is 1. The van der Waals surface area contributed by atoms with Crippen molar-refractivity contribution in [3.63, 3.8) is 0 Å².